The van der Waals surface area contributed by atoms with Crippen molar-refractivity contribution in [2.45, 2.75) is 11.3 Å². The molecule has 1 amide bonds. The fourth-order valence-corrected chi connectivity index (χ4v) is 4.43. The summed E-state index contributed by atoms with van der Waals surface area (Å²) in [7, 11) is -3.76. The fraction of sp³-hybridized carbons (Fsp3) is 0.176. The van der Waals surface area contributed by atoms with E-state index in [4.69, 9.17) is 0 Å². The van der Waals surface area contributed by atoms with E-state index in [1.54, 1.807) is 54.6 Å². The number of carbonyl (C=O) groups is 2. The van der Waals surface area contributed by atoms with Gasteiger partial charge in [-0.15, -0.1) is 0 Å². The number of Topliss-reactive ketones (excluding diaryl/α,β-unsaturated/α-hetero) is 1. The quantitative estimate of drug-likeness (QED) is 0.732. The highest BCUT2D eigenvalue weighted by Gasteiger charge is 2.53. The second-order valence-electron chi connectivity index (χ2n) is 5.62. The van der Waals surface area contributed by atoms with Crippen molar-refractivity contribution in [1.82, 2.24) is 0 Å². The van der Waals surface area contributed by atoms with Gasteiger partial charge in [-0.2, -0.15) is 0 Å². The third kappa shape index (κ3) is 2.89. The average Bonchev–Trinajstić information content (AvgIpc) is 2.81. The van der Waals surface area contributed by atoms with Crippen LogP contribution in [0, 0.1) is 0 Å². The average molecular weight is 408 g/mol. The summed E-state index contributed by atoms with van der Waals surface area (Å²) in [6.07, 6.45) is 0.989. The standard InChI is InChI=1S/C17H14BrNO4S/c1-24(22,23)16-14(11-7-9-12(18)10-8-11)19(17(21)15(16)20)13-5-3-2-4-6-13/h2-10,14,16H,1H3/t14-,16-/m1/s1. The van der Waals surface area contributed by atoms with E-state index in [0.717, 1.165) is 10.7 Å². The first kappa shape index (κ1) is 16.9. The molecular formula is C17H14BrNO4S. The number of sulfone groups is 1. The van der Waals surface area contributed by atoms with Crippen LogP contribution < -0.4 is 4.90 Å². The van der Waals surface area contributed by atoms with Crippen LogP contribution in [0.1, 0.15) is 11.6 Å². The Morgan fingerprint density at radius 3 is 2.08 bits per heavy atom. The van der Waals surface area contributed by atoms with E-state index < -0.39 is 32.8 Å². The fourth-order valence-electron chi connectivity index (χ4n) is 2.92. The maximum atomic E-state index is 12.5. The Morgan fingerprint density at radius 2 is 1.54 bits per heavy atom. The molecule has 0 radical (unpaired) electrons. The highest BCUT2D eigenvalue weighted by Crippen LogP contribution is 2.39. The van der Waals surface area contributed by atoms with E-state index >= 15 is 0 Å². The van der Waals surface area contributed by atoms with Gasteiger partial charge in [0.05, 0.1) is 6.04 Å². The number of para-hydroxylation sites is 1. The first-order chi connectivity index (χ1) is 11.3. The lowest BCUT2D eigenvalue weighted by atomic mass is 10.0. The molecule has 0 N–H and O–H groups in total. The number of halogens is 1. The SMILES string of the molecule is CS(=O)(=O)[C@H]1C(=O)C(=O)N(c2ccccc2)[C@@H]1c1ccc(Br)cc1. The van der Waals surface area contributed by atoms with Crippen molar-refractivity contribution < 1.29 is 18.0 Å². The van der Waals surface area contributed by atoms with Gasteiger partial charge in [0.2, 0.25) is 5.78 Å². The molecule has 0 unspecified atom stereocenters. The Morgan fingerprint density at radius 1 is 0.958 bits per heavy atom. The topological polar surface area (TPSA) is 71.5 Å². The molecule has 3 rings (SSSR count). The Kier molecular flexibility index (Phi) is 4.31. The van der Waals surface area contributed by atoms with Crippen molar-refractivity contribution in [3.8, 4) is 0 Å². The van der Waals surface area contributed by atoms with Crippen molar-refractivity contribution in [3.63, 3.8) is 0 Å². The lowest BCUT2D eigenvalue weighted by Crippen LogP contribution is -2.33. The smallest absolute Gasteiger partial charge is 0.296 e. The molecule has 7 heteroatoms. The number of ketones is 1. The molecule has 2 aromatic carbocycles. The number of rotatable bonds is 3. The van der Waals surface area contributed by atoms with E-state index in [2.05, 4.69) is 15.9 Å². The molecule has 1 heterocycles. The van der Waals surface area contributed by atoms with Crippen LogP contribution in [0.15, 0.2) is 59.1 Å². The summed E-state index contributed by atoms with van der Waals surface area (Å²) in [5.41, 5.74) is 1.09. The van der Waals surface area contributed by atoms with Gasteiger partial charge in [-0.05, 0) is 29.8 Å². The molecule has 0 spiro atoms. The molecule has 0 aromatic heterocycles. The van der Waals surface area contributed by atoms with Crippen molar-refractivity contribution >= 4 is 43.1 Å². The first-order valence-electron chi connectivity index (χ1n) is 7.17. The minimum atomic E-state index is -3.76. The van der Waals surface area contributed by atoms with Crippen LogP contribution in [-0.4, -0.2) is 31.6 Å². The van der Waals surface area contributed by atoms with Crippen LogP contribution in [0.5, 0.6) is 0 Å². The van der Waals surface area contributed by atoms with Crippen LogP contribution in [-0.2, 0) is 19.4 Å². The molecule has 24 heavy (non-hydrogen) atoms. The van der Waals surface area contributed by atoms with E-state index in [-0.39, 0.29) is 0 Å². The minimum Gasteiger partial charge on any atom is -0.296 e. The molecule has 0 saturated carbocycles. The van der Waals surface area contributed by atoms with Gasteiger partial charge in [-0.1, -0.05) is 46.3 Å². The molecule has 2 atom stereocenters. The molecule has 5 nitrogen and oxygen atoms in total. The highest BCUT2D eigenvalue weighted by atomic mass is 79.9. The molecular weight excluding hydrogens is 394 g/mol. The molecule has 0 bridgehead atoms. The summed E-state index contributed by atoms with van der Waals surface area (Å²) >= 11 is 3.33. The van der Waals surface area contributed by atoms with Gasteiger partial charge in [0.1, 0.15) is 0 Å². The highest BCUT2D eigenvalue weighted by molar-refractivity contribution is 9.10. The van der Waals surface area contributed by atoms with Crippen molar-refractivity contribution in [1.29, 1.82) is 0 Å². The Balaban J connectivity index is 2.21. The first-order valence-corrected chi connectivity index (χ1v) is 9.92. The van der Waals surface area contributed by atoms with Gasteiger partial charge < -0.3 is 0 Å². The van der Waals surface area contributed by atoms with Crippen molar-refractivity contribution in [3.05, 3.63) is 64.6 Å². The minimum absolute atomic E-state index is 0.495. The van der Waals surface area contributed by atoms with Crippen LogP contribution >= 0.6 is 15.9 Å². The lowest BCUT2D eigenvalue weighted by molar-refractivity contribution is -0.133. The maximum Gasteiger partial charge on any atom is 0.296 e. The molecule has 2 aromatic rings. The number of hydrogen-bond acceptors (Lipinski definition) is 4. The summed E-state index contributed by atoms with van der Waals surface area (Å²) in [4.78, 5) is 26.2. The molecule has 1 aliphatic heterocycles. The van der Waals surface area contributed by atoms with E-state index in [0.29, 0.717) is 11.3 Å². The van der Waals surface area contributed by atoms with Gasteiger partial charge >= 0.3 is 0 Å². The monoisotopic (exact) mass is 407 g/mol. The summed E-state index contributed by atoms with van der Waals surface area (Å²) in [6, 6.07) is 14.7. The van der Waals surface area contributed by atoms with E-state index in [1.807, 2.05) is 0 Å². The van der Waals surface area contributed by atoms with Crippen molar-refractivity contribution in [2.24, 2.45) is 0 Å². The number of anilines is 1. The number of benzene rings is 2. The predicted octanol–water partition coefficient (Wildman–Crippen LogP) is 2.52. The third-order valence-corrected chi connectivity index (χ3v) is 5.88. The van der Waals surface area contributed by atoms with E-state index in [1.165, 1.54) is 4.90 Å². The van der Waals surface area contributed by atoms with Gasteiger partial charge in [-0.3, -0.25) is 14.5 Å². The predicted molar refractivity (Wildman–Crippen MR) is 94.4 cm³/mol. The zero-order chi connectivity index (χ0) is 17.5. The van der Waals surface area contributed by atoms with Gasteiger partial charge in [0.15, 0.2) is 15.1 Å². The second-order valence-corrected chi connectivity index (χ2v) is 8.70. The zero-order valence-electron chi connectivity index (χ0n) is 12.7. The molecule has 1 saturated heterocycles. The summed E-state index contributed by atoms with van der Waals surface area (Å²) in [6.45, 7) is 0. The molecule has 124 valence electrons. The molecule has 1 fully saturated rings. The van der Waals surface area contributed by atoms with Gasteiger partial charge in [-0.25, -0.2) is 8.42 Å². The Bertz CT molecular complexity index is 894. The van der Waals surface area contributed by atoms with E-state index in [9.17, 15) is 18.0 Å². The maximum absolute atomic E-state index is 12.5. The van der Waals surface area contributed by atoms with Gasteiger partial charge in [0.25, 0.3) is 5.91 Å². The van der Waals surface area contributed by atoms with Crippen LogP contribution in [0.2, 0.25) is 0 Å². The summed E-state index contributed by atoms with van der Waals surface area (Å²) < 4.78 is 25.2. The largest absolute Gasteiger partial charge is 0.296 e. The molecule has 1 aliphatic rings. The van der Waals surface area contributed by atoms with Crippen LogP contribution in [0.4, 0.5) is 5.69 Å². The van der Waals surface area contributed by atoms with Crippen LogP contribution in [0.25, 0.3) is 0 Å². The molecule has 0 aliphatic carbocycles. The van der Waals surface area contributed by atoms with Crippen molar-refractivity contribution in [2.75, 3.05) is 11.2 Å². The lowest BCUT2D eigenvalue weighted by Gasteiger charge is -2.27. The Hall–Kier alpha value is -1.99. The third-order valence-electron chi connectivity index (χ3n) is 3.96. The number of carbonyl (C=O) groups excluding carboxylic acids is 2. The number of amides is 1. The summed E-state index contributed by atoms with van der Waals surface area (Å²) in [5, 5.41) is -1.41. The second kappa shape index (κ2) is 6.14. The summed E-state index contributed by atoms with van der Waals surface area (Å²) in [5.74, 6) is -1.70. The van der Waals surface area contributed by atoms with Crippen LogP contribution in [0.3, 0.4) is 0 Å². The number of nitrogens with zero attached hydrogens (tertiary/aromatic N) is 1. The van der Waals surface area contributed by atoms with Gasteiger partial charge in [0, 0.05) is 16.4 Å². The number of hydrogen-bond donors (Lipinski definition) is 0. The Labute approximate surface area is 148 Å². The normalized spacial score (nSPS) is 21.3. The zero-order valence-corrected chi connectivity index (χ0v) is 15.1.